The minimum absolute atomic E-state index is 0.0683. The average Bonchev–Trinajstić information content (AvgIpc) is 2.64. The Bertz CT molecular complexity index is 811. The van der Waals surface area contributed by atoms with E-state index in [1.807, 2.05) is 6.07 Å². The van der Waals surface area contributed by atoms with Crippen molar-refractivity contribution in [2.45, 2.75) is 18.9 Å². The first-order valence-electron chi connectivity index (χ1n) is 8.40. The molecule has 1 atom stereocenters. The lowest BCUT2D eigenvalue weighted by Gasteiger charge is -2.25. The fraction of sp³-hybridized carbons (Fsp3) is 0.250. The normalized spacial score (nSPS) is 11.5. The minimum Gasteiger partial charge on any atom is -0.480 e. The molecule has 0 fully saturated rings. The van der Waals surface area contributed by atoms with Crippen molar-refractivity contribution in [1.82, 2.24) is 10.2 Å². The second-order valence-electron chi connectivity index (χ2n) is 6.13. The number of halogens is 1. The summed E-state index contributed by atoms with van der Waals surface area (Å²) in [6, 6.07) is 13.6. The summed E-state index contributed by atoms with van der Waals surface area (Å²) in [4.78, 5) is 36.9. The lowest BCUT2D eigenvalue weighted by atomic mass is 10.0. The number of benzene rings is 2. The molecule has 0 saturated carbocycles. The second kappa shape index (κ2) is 9.47. The SMILES string of the molecule is CN(C(=O)CNC(=O)Cc1cccc(F)c1)C(Cc1ccccc1)C(=O)O. The lowest BCUT2D eigenvalue weighted by Crippen LogP contribution is -2.47. The molecule has 142 valence electrons. The standard InChI is InChI=1S/C20H21FN2O4/c1-23(17(20(26)27)11-14-6-3-2-4-7-14)19(25)13-22-18(24)12-15-8-5-9-16(21)10-15/h2-10,17H,11-13H2,1H3,(H,22,24)(H,26,27). The van der Waals surface area contributed by atoms with Crippen molar-refractivity contribution in [1.29, 1.82) is 0 Å². The molecule has 2 aromatic rings. The van der Waals surface area contributed by atoms with Crippen LogP contribution >= 0.6 is 0 Å². The van der Waals surface area contributed by atoms with E-state index in [-0.39, 0.29) is 19.4 Å². The highest BCUT2D eigenvalue weighted by molar-refractivity contribution is 5.88. The molecule has 0 radical (unpaired) electrons. The summed E-state index contributed by atoms with van der Waals surface area (Å²) in [6.07, 6.45) is 0.0940. The van der Waals surface area contributed by atoms with Crippen molar-refractivity contribution < 1.29 is 23.9 Å². The van der Waals surface area contributed by atoms with Crippen LogP contribution in [0.1, 0.15) is 11.1 Å². The first-order chi connectivity index (χ1) is 12.9. The van der Waals surface area contributed by atoms with Gasteiger partial charge in [0.15, 0.2) is 0 Å². The highest BCUT2D eigenvalue weighted by atomic mass is 19.1. The maximum absolute atomic E-state index is 13.1. The number of likely N-dealkylation sites (N-methyl/N-ethyl adjacent to an activating group) is 1. The van der Waals surface area contributed by atoms with Crippen molar-refractivity contribution in [3.8, 4) is 0 Å². The lowest BCUT2D eigenvalue weighted by molar-refractivity contribution is -0.148. The zero-order valence-electron chi connectivity index (χ0n) is 14.9. The monoisotopic (exact) mass is 372 g/mol. The van der Waals surface area contributed by atoms with Crippen LogP contribution in [-0.2, 0) is 27.2 Å². The molecule has 2 amide bonds. The topological polar surface area (TPSA) is 86.7 Å². The molecule has 0 bridgehead atoms. The van der Waals surface area contributed by atoms with Gasteiger partial charge in [0, 0.05) is 13.5 Å². The van der Waals surface area contributed by atoms with Crippen molar-refractivity contribution in [3.63, 3.8) is 0 Å². The summed E-state index contributed by atoms with van der Waals surface area (Å²) in [7, 11) is 1.39. The molecule has 0 aliphatic carbocycles. The van der Waals surface area contributed by atoms with Crippen LogP contribution < -0.4 is 5.32 Å². The van der Waals surface area contributed by atoms with Crippen molar-refractivity contribution >= 4 is 17.8 Å². The van der Waals surface area contributed by atoms with Gasteiger partial charge in [0.25, 0.3) is 0 Å². The minimum atomic E-state index is -1.12. The molecule has 2 N–H and O–H groups in total. The molecular formula is C20H21FN2O4. The van der Waals surface area contributed by atoms with E-state index >= 15 is 0 Å². The summed E-state index contributed by atoms with van der Waals surface area (Å²) in [5.74, 6) is -2.54. The van der Waals surface area contributed by atoms with Gasteiger partial charge in [-0.1, -0.05) is 42.5 Å². The highest BCUT2D eigenvalue weighted by Crippen LogP contribution is 2.09. The van der Waals surface area contributed by atoms with Crippen LogP contribution in [0.5, 0.6) is 0 Å². The Labute approximate surface area is 156 Å². The first kappa shape index (κ1) is 20.1. The molecule has 0 aliphatic rings. The molecular weight excluding hydrogens is 351 g/mol. The Morgan fingerprint density at radius 1 is 1.07 bits per heavy atom. The number of hydrogen-bond donors (Lipinski definition) is 2. The van der Waals surface area contributed by atoms with E-state index < -0.39 is 29.6 Å². The molecule has 1 unspecified atom stereocenters. The van der Waals surface area contributed by atoms with E-state index in [0.717, 1.165) is 10.5 Å². The third-order valence-electron chi connectivity index (χ3n) is 4.11. The quantitative estimate of drug-likeness (QED) is 0.738. The molecule has 0 heterocycles. The maximum Gasteiger partial charge on any atom is 0.326 e. The third kappa shape index (κ3) is 6.22. The maximum atomic E-state index is 13.1. The molecule has 0 saturated heterocycles. The van der Waals surface area contributed by atoms with E-state index in [0.29, 0.717) is 5.56 Å². The van der Waals surface area contributed by atoms with Gasteiger partial charge in [-0.3, -0.25) is 9.59 Å². The molecule has 2 aromatic carbocycles. The summed E-state index contributed by atoms with van der Waals surface area (Å²) in [5, 5.41) is 11.9. The van der Waals surface area contributed by atoms with Gasteiger partial charge in [0.1, 0.15) is 11.9 Å². The van der Waals surface area contributed by atoms with Crippen LogP contribution in [0.2, 0.25) is 0 Å². The first-order valence-corrected chi connectivity index (χ1v) is 8.40. The number of carboxylic acids is 1. The van der Waals surface area contributed by atoms with Crippen LogP contribution in [0.25, 0.3) is 0 Å². The van der Waals surface area contributed by atoms with E-state index in [2.05, 4.69) is 5.32 Å². The van der Waals surface area contributed by atoms with E-state index in [1.54, 1.807) is 30.3 Å². The number of hydrogen-bond acceptors (Lipinski definition) is 3. The summed E-state index contributed by atoms with van der Waals surface area (Å²) < 4.78 is 13.1. The summed E-state index contributed by atoms with van der Waals surface area (Å²) >= 11 is 0. The number of amides is 2. The Balaban J connectivity index is 1.90. The van der Waals surface area contributed by atoms with Gasteiger partial charge < -0.3 is 15.3 Å². The Morgan fingerprint density at radius 2 is 1.74 bits per heavy atom. The fourth-order valence-electron chi connectivity index (χ4n) is 2.59. The third-order valence-corrected chi connectivity index (χ3v) is 4.11. The number of rotatable bonds is 8. The van der Waals surface area contributed by atoms with Crippen LogP contribution in [0.15, 0.2) is 54.6 Å². The van der Waals surface area contributed by atoms with Crippen LogP contribution in [0.4, 0.5) is 4.39 Å². The average molecular weight is 372 g/mol. The van der Waals surface area contributed by atoms with E-state index in [1.165, 1.54) is 25.2 Å². The number of nitrogens with one attached hydrogen (secondary N) is 1. The molecule has 6 nitrogen and oxygen atoms in total. The summed E-state index contributed by atoms with van der Waals surface area (Å²) in [6.45, 7) is -0.330. The van der Waals surface area contributed by atoms with Gasteiger partial charge in [0.2, 0.25) is 11.8 Å². The van der Waals surface area contributed by atoms with E-state index in [4.69, 9.17) is 0 Å². The van der Waals surface area contributed by atoms with Crippen LogP contribution in [0.3, 0.4) is 0 Å². The van der Waals surface area contributed by atoms with Crippen molar-refractivity contribution in [3.05, 3.63) is 71.5 Å². The molecule has 0 spiro atoms. The van der Waals surface area contributed by atoms with Gasteiger partial charge in [-0.15, -0.1) is 0 Å². The van der Waals surface area contributed by atoms with Gasteiger partial charge in [0.05, 0.1) is 13.0 Å². The molecule has 7 heteroatoms. The second-order valence-corrected chi connectivity index (χ2v) is 6.13. The van der Waals surface area contributed by atoms with Crippen LogP contribution in [0, 0.1) is 5.82 Å². The molecule has 2 rings (SSSR count). The van der Waals surface area contributed by atoms with Gasteiger partial charge in [-0.2, -0.15) is 0 Å². The van der Waals surface area contributed by atoms with Gasteiger partial charge >= 0.3 is 5.97 Å². The number of aliphatic carboxylic acids is 1. The largest absolute Gasteiger partial charge is 0.480 e. The predicted octanol–water partition coefficient (Wildman–Crippen LogP) is 1.64. The van der Waals surface area contributed by atoms with Gasteiger partial charge in [-0.25, -0.2) is 9.18 Å². The Kier molecular flexibility index (Phi) is 7.05. The molecule has 0 aromatic heterocycles. The Hall–Kier alpha value is -3.22. The fourth-order valence-corrected chi connectivity index (χ4v) is 2.59. The zero-order chi connectivity index (χ0) is 19.8. The number of carboxylic acid groups (broad SMARTS) is 1. The van der Waals surface area contributed by atoms with Crippen molar-refractivity contribution in [2.24, 2.45) is 0 Å². The summed E-state index contributed by atoms with van der Waals surface area (Å²) in [5.41, 5.74) is 1.28. The number of carbonyl (C=O) groups is 3. The predicted molar refractivity (Wildman–Crippen MR) is 97.5 cm³/mol. The number of carbonyl (C=O) groups excluding carboxylic acids is 2. The highest BCUT2D eigenvalue weighted by Gasteiger charge is 2.26. The van der Waals surface area contributed by atoms with Gasteiger partial charge in [-0.05, 0) is 23.3 Å². The van der Waals surface area contributed by atoms with E-state index in [9.17, 15) is 23.9 Å². The Morgan fingerprint density at radius 3 is 2.37 bits per heavy atom. The van der Waals surface area contributed by atoms with Crippen LogP contribution in [-0.4, -0.2) is 47.4 Å². The zero-order valence-corrected chi connectivity index (χ0v) is 14.9. The van der Waals surface area contributed by atoms with Crippen molar-refractivity contribution in [2.75, 3.05) is 13.6 Å². The molecule has 27 heavy (non-hydrogen) atoms. The smallest absolute Gasteiger partial charge is 0.326 e. The number of nitrogens with zero attached hydrogens (tertiary/aromatic N) is 1. The molecule has 0 aliphatic heterocycles.